The fraction of sp³-hybridized carbons (Fsp3) is 0.600. The van der Waals surface area contributed by atoms with Crippen molar-refractivity contribution in [3.05, 3.63) is 29.8 Å². The second-order valence-corrected chi connectivity index (χ2v) is 9.65. The minimum Gasteiger partial charge on any atom is -0.484 e. The average Bonchev–Trinajstić information content (AvgIpc) is 2.85. The van der Waals surface area contributed by atoms with Crippen LogP contribution in [0, 0.1) is 0 Å². The molecule has 1 unspecified atom stereocenters. The van der Waals surface area contributed by atoms with E-state index in [1.807, 2.05) is 0 Å². The number of benzene rings is 1. The van der Waals surface area contributed by atoms with Crippen molar-refractivity contribution in [1.82, 2.24) is 19.6 Å². The zero-order chi connectivity index (χ0) is 30.6. The van der Waals surface area contributed by atoms with Gasteiger partial charge in [0.05, 0.1) is 19.6 Å². The molecule has 0 radical (unpaired) electrons. The number of hydrogen-bond acceptors (Lipinski definition) is 9. The first-order valence-corrected chi connectivity index (χ1v) is 12.8. The number of nitrogens with zero attached hydrogens (tertiary/aromatic N) is 4. The lowest BCUT2D eigenvalue weighted by Gasteiger charge is -2.35. The summed E-state index contributed by atoms with van der Waals surface area (Å²) in [6.07, 6.45) is -4.54. The Hall–Kier alpha value is -3.47. The highest BCUT2D eigenvalue weighted by Crippen LogP contribution is 2.20. The fourth-order valence-electron chi connectivity index (χ4n) is 4.40. The third kappa shape index (κ3) is 13.6. The molecular weight excluding hydrogens is 557 g/mol. The quantitative estimate of drug-likeness (QED) is 0.258. The Morgan fingerprint density at radius 2 is 1.10 bits per heavy atom. The summed E-state index contributed by atoms with van der Waals surface area (Å²) >= 11 is 0. The Morgan fingerprint density at radius 3 is 1.44 bits per heavy atom. The van der Waals surface area contributed by atoms with Gasteiger partial charge >= 0.3 is 30.1 Å². The Bertz CT molecular complexity index is 995. The highest BCUT2D eigenvalue weighted by molar-refractivity contribution is 5.74. The van der Waals surface area contributed by atoms with E-state index in [0.717, 1.165) is 0 Å². The molecule has 0 amide bonds. The van der Waals surface area contributed by atoms with Crippen molar-refractivity contribution in [3.8, 4) is 5.75 Å². The normalized spacial score (nSPS) is 18.1. The summed E-state index contributed by atoms with van der Waals surface area (Å²) in [4.78, 5) is 52.9. The van der Waals surface area contributed by atoms with E-state index in [0.29, 0.717) is 5.56 Å². The van der Waals surface area contributed by atoms with E-state index >= 15 is 0 Å². The molecule has 1 aliphatic rings. The van der Waals surface area contributed by atoms with E-state index in [1.165, 1.54) is 24.3 Å². The van der Waals surface area contributed by atoms with Crippen molar-refractivity contribution >= 4 is 23.9 Å². The van der Waals surface area contributed by atoms with Crippen LogP contribution in [-0.2, 0) is 25.6 Å². The SMILES string of the molecule is O=C(O)CN1CCN(CC(=O)O)CCN(C(Cc2ccc(OCC(F)(F)F)cc2)C(=O)O)CCN(CC(=O)O)CC1. The molecule has 1 fully saturated rings. The lowest BCUT2D eigenvalue weighted by Crippen LogP contribution is -2.52. The zero-order valence-electron chi connectivity index (χ0n) is 22.3. The van der Waals surface area contributed by atoms with Gasteiger partial charge in [-0.1, -0.05) is 12.1 Å². The molecule has 1 aromatic carbocycles. The molecule has 2 rings (SSSR count). The molecule has 0 spiro atoms. The van der Waals surface area contributed by atoms with Crippen LogP contribution in [0.3, 0.4) is 0 Å². The highest BCUT2D eigenvalue weighted by Gasteiger charge is 2.30. The maximum atomic E-state index is 12.4. The fourth-order valence-corrected chi connectivity index (χ4v) is 4.40. The minimum absolute atomic E-state index is 0.0286. The lowest BCUT2D eigenvalue weighted by molar-refractivity contribution is -0.153. The van der Waals surface area contributed by atoms with Crippen LogP contribution in [0.4, 0.5) is 13.2 Å². The summed E-state index contributed by atoms with van der Waals surface area (Å²) in [5.41, 5.74) is 0.511. The average molecular weight is 593 g/mol. The molecule has 0 saturated carbocycles. The van der Waals surface area contributed by atoms with E-state index < -0.39 is 42.7 Å². The standard InChI is InChI=1S/C25H35F3N4O9/c26-25(27,28)17-41-19-3-1-18(2-4-19)13-20(24(39)40)32-11-9-30(15-22(35)36)7-5-29(14-21(33)34)6-8-31(10-12-32)16-23(37)38/h1-4,20H,5-17H2,(H,33,34)(H,35,36)(H,37,38)(H,39,40). The van der Waals surface area contributed by atoms with Crippen molar-refractivity contribution in [2.75, 3.05) is 78.6 Å². The molecule has 230 valence electrons. The Balaban J connectivity index is 2.25. The van der Waals surface area contributed by atoms with E-state index in [-0.39, 0.29) is 84.2 Å². The maximum absolute atomic E-state index is 12.4. The number of carbonyl (C=O) groups is 4. The highest BCUT2D eigenvalue weighted by atomic mass is 19.4. The zero-order valence-corrected chi connectivity index (χ0v) is 22.3. The minimum atomic E-state index is -4.51. The third-order valence-electron chi connectivity index (χ3n) is 6.43. The van der Waals surface area contributed by atoms with E-state index in [9.17, 15) is 52.8 Å². The van der Waals surface area contributed by atoms with Crippen LogP contribution in [0.25, 0.3) is 0 Å². The van der Waals surface area contributed by atoms with Crippen molar-refractivity contribution in [3.63, 3.8) is 0 Å². The van der Waals surface area contributed by atoms with Gasteiger partial charge in [0.15, 0.2) is 6.61 Å². The molecule has 1 heterocycles. The second-order valence-electron chi connectivity index (χ2n) is 9.65. The molecule has 4 N–H and O–H groups in total. The molecule has 0 aliphatic carbocycles. The number of alkyl halides is 3. The largest absolute Gasteiger partial charge is 0.484 e. The predicted molar refractivity (Wildman–Crippen MR) is 137 cm³/mol. The molecule has 41 heavy (non-hydrogen) atoms. The predicted octanol–water partition coefficient (Wildman–Crippen LogP) is 0.0988. The van der Waals surface area contributed by atoms with Crippen LogP contribution in [0.15, 0.2) is 24.3 Å². The third-order valence-corrected chi connectivity index (χ3v) is 6.43. The molecule has 1 aliphatic heterocycles. The van der Waals surface area contributed by atoms with Crippen LogP contribution in [0.5, 0.6) is 5.75 Å². The van der Waals surface area contributed by atoms with Crippen molar-refractivity contribution in [2.45, 2.75) is 18.6 Å². The lowest BCUT2D eigenvalue weighted by atomic mass is 10.0. The van der Waals surface area contributed by atoms with Gasteiger partial charge in [0.25, 0.3) is 0 Å². The molecule has 1 saturated heterocycles. The Morgan fingerprint density at radius 1 is 0.707 bits per heavy atom. The van der Waals surface area contributed by atoms with Crippen LogP contribution >= 0.6 is 0 Å². The van der Waals surface area contributed by atoms with Gasteiger partial charge < -0.3 is 25.2 Å². The Kier molecular flexibility index (Phi) is 13.2. The molecule has 0 bridgehead atoms. The summed E-state index contributed by atoms with van der Waals surface area (Å²) in [6.45, 7) is -1.22. The monoisotopic (exact) mass is 592 g/mol. The molecule has 13 nitrogen and oxygen atoms in total. The van der Waals surface area contributed by atoms with Gasteiger partial charge in [-0.15, -0.1) is 0 Å². The smallest absolute Gasteiger partial charge is 0.422 e. The number of aliphatic carboxylic acids is 4. The summed E-state index contributed by atoms with van der Waals surface area (Å²) in [7, 11) is 0. The molecule has 0 aromatic heterocycles. The van der Waals surface area contributed by atoms with Crippen LogP contribution in [0.2, 0.25) is 0 Å². The summed E-state index contributed by atoms with van der Waals surface area (Å²) < 4.78 is 42.0. The van der Waals surface area contributed by atoms with Gasteiger partial charge in [-0.05, 0) is 24.1 Å². The molecule has 1 atom stereocenters. The van der Waals surface area contributed by atoms with Crippen LogP contribution in [0.1, 0.15) is 5.56 Å². The first kappa shape index (κ1) is 33.7. The second kappa shape index (κ2) is 16.1. The summed E-state index contributed by atoms with van der Waals surface area (Å²) in [5.74, 6) is -4.51. The van der Waals surface area contributed by atoms with Crippen molar-refractivity contribution in [1.29, 1.82) is 0 Å². The Labute approximate surface area is 234 Å². The van der Waals surface area contributed by atoms with E-state index in [4.69, 9.17) is 4.74 Å². The maximum Gasteiger partial charge on any atom is 0.422 e. The van der Waals surface area contributed by atoms with Crippen LogP contribution < -0.4 is 4.74 Å². The number of ether oxygens (including phenoxy) is 1. The van der Waals surface area contributed by atoms with Crippen molar-refractivity contribution < 1.29 is 57.5 Å². The summed E-state index contributed by atoms with van der Waals surface area (Å²) in [5, 5.41) is 38.0. The van der Waals surface area contributed by atoms with Crippen molar-refractivity contribution in [2.24, 2.45) is 0 Å². The van der Waals surface area contributed by atoms with E-state index in [2.05, 4.69) is 0 Å². The first-order valence-electron chi connectivity index (χ1n) is 12.8. The van der Waals surface area contributed by atoms with Crippen LogP contribution in [-0.4, -0.2) is 155 Å². The number of carboxylic acid groups (broad SMARTS) is 4. The van der Waals surface area contributed by atoms with Gasteiger partial charge in [0.1, 0.15) is 11.8 Å². The number of hydrogen-bond donors (Lipinski definition) is 4. The van der Waals surface area contributed by atoms with Gasteiger partial charge in [-0.3, -0.25) is 38.8 Å². The van der Waals surface area contributed by atoms with Gasteiger partial charge in [-0.2, -0.15) is 13.2 Å². The van der Waals surface area contributed by atoms with Gasteiger partial charge in [0, 0.05) is 52.4 Å². The van der Waals surface area contributed by atoms with E-state index in [1.54, 1.807) is 19.6 Å². The van der Waals surface area contributed by atoms with Gasteiger partial charge in [0.2, 0.25) is 0 Å². The number of halogens is 3. The summed E-state index contributed by atoms with van der Waals surface area (Å²) in [6, 6.07) is 4.43. The molecule has 1 aromatic rings. The van der Waals surface area contributed by atoms with Gasteiger partial charge in [-0.25, -0.2) is 0 Å². The number of carboxylic acids is 4. The number of rotatable bonds is 12. The molecule has 16 heteroatoms. The molecular formula is C25H35F3N4O9. The first-order chi connectivity index (χ1) is 19.2. The topological polar surface area (TPSA) is 171 Å².